The van der Waals surface area contributed by atoms with Crippen LogP contribution in [0.25, 0.3) is 0 Å². The average molecular weight is 320 g/mol. The Bertz CT molecular complexity index is 376. The largest absolute Gasteiger partial charge is 0.426 e. The molecule has 0 radical (unpaired) electrons. The van der Waals surface area contributed by atoms with Crippen molar-refractivity contribution in [3.8, 4) is 5.75 Å². The Morgan fingerprint density at radius 3 is 2.93 bits per heavy atom. The van der Waals surface area contributed by atoms with Crippen LogP contribution in [-0.2, 0) is 11.2 Å². The Balaban J connectivity index is 2.41. The molecule has 2 rings (SSSR count). The fourth-order valence-electron chi connectivity index (χ4n) is 1.45. The van der Waals surface area contributed by atoms with Crippen molar-refractivity contribution in [1.82, 2.24) is 0 Å². The van der Waals surface area contributed by atoms with Crippen LogP contribution in [0.4, 0.5) is 0 Å². The molecule has 0 amide bonds. The number of carbonyl (C=O) groups is 1. The molecule has 0 aromatic heterocycles. The molecule has 0 aliphatic carbocycles. The van der Waals surface area contributed by atoms with Crippen molar-refractivity contribution in [1.29, 1.82) is 0 Å². The molecule has 0 N–H and O–H groups in total. The number of rotatable bonds is 0. The Labute approximate surface area is 98.9 Å². The first-order valence-corrected chi connectivity index (χ1v) is 5.99. The fourth-order valence-corrected chi connectivity index (χ4v) is 2.40. The third kappa shape index (κ3) is 2.17. The lowest BCUT2D eigenvalue weighted by atomic mass is 10.1. The van der Waals surface area contributed by atoms with E-state index in [1.165, 1.54) is 0 Å². The van der Waals surface area contributed by atoms with Gasteiger partial charge in [-0.1, -0.05) is 37.9 Å². The molecular formula is C10H8Br2O2. The zero-order valence-corrected chi connectivity index (χ0v) is 10.5. The molecule has 0 spiro atoms. The second-order valence-corrected chi connectivity index (χ2v) is 5.44. The molecule has 1 aliphatic heterocycles. The molecule has 14 heavy (non-hydrogen) atoms. The maximum Gasteiger partial charge on any atom is 0.312 e. The number of fused-ring (bicyclic) bond motifs is 1. The normalized spacial score (nSPS) is 21.0. The van der Waals surface area contributed by atoms with E-state index in [1.54, 1.807) is 0 Å². The van der Waals surface area contributed by atoms with Crippen molar-refractivity contribution in [2.24, 2.45) is 0 Å². The van der Waals surface area contributed by atoms with Crippen LogP contribution in [0.2, 0.25) is 0 Å². The molecule has 1 heterocycles. The molecule has 1 atom stereocenters. The molecule has 1 aromatic carbocycles. The van der Waals surface area contributed by atoms with E-state index in [4.69, 9.17) is 4.74 Å². The molecule has 1 aromatic rings. The smallest absolute Gasteiger partial charge is 0.312 e. The minimum absolute atomic E-state index is 0.177. The maximum atomic E-state index is 11.3. The number of ether oxygens (including phenoxy) is 1. The van der Waals surface area contributed by atoms with E-state index >= 15 is 0 Å². The van der Waals surface area contributed by atoms with E-state index < -0.39 is 0 Å². The quantitative estimate of drug-likeness (QED) is 0.417. The molecule has 0 saturated heterocycles. The summed E-state index contributed by atoms with van der Waals surface area (Å²) >= 11 is 6.80. The Hall–Kier alpha value is -0.350. The summed E-state index contributed by atoms with van der Waals surface area (Å²) in [5, 5.41) is 0. The average Bonchev–Trinajstić information content (AvgIpc) is 2.21. The number of carbonyl (C=O) groups excluding carboxylic acids is 1. The van der Waals surface area contributed by atoms with Gasteiger partial charge in [-0.3, -0.25) is 4.79 Å². The van der Waals surface area contributed by atoms with E-state index in [0.717, 1.165) is 16.5 Å². The van der Waals surface area contributed by atoms with Crippen LogP contribution in [0.3, 0.4) is 0 Å². The minimum Gasteiger partial charge on any atom is -0.426 e. The third-order valence-electron chi connectivity index (χ3n) is 2.08. The molecule has 0 fully saturated rings. The number of hydrogen-bond donors (Lipinski definition) is 0. The summed E-state index contributed by atoms with van der Waals surface area (Å²) in [5.41, 5.74) is 1.07. The highest BCUT2D eigenvalue weighted by Crippen LogP contribution is 2.30. The highest BCUT2D eigenvalue weighted by molar-refractivity contribution is 9.10. The SMILES string of the molecule is O=C1CC(Br)Cc2ccc(Br)cc2O1. The number of benzene rings is 1. The van der Waals surface area contributed by atoms with Gasteiger partial charge in [0, 0.05) is 9.30 Å². The van der Waals surface area contributed by atoms with Gasteiger partial charge in [-0.25, -0.2) is 0 Å². The van der Waals surface area contributed by atoms with Crippen molar-refractivity contribution in [2.75, 3.05) is 0 Å². The zero-order chi connectivity index (χ0) is 10.1. The van der Waals surface area contributed by atoms with Crippen LogP contribution in [0.15, 0.2) is 22.7 Å². The maximum absolute atomic E-state index is 11.3. The summed E-state index contributed by atoms with van der Waals surface area (Å²) < 4.78 is 6.14. The van der Waals surface area contributed by atoms with Gasteiger partial charge in [-0.15, -0.1) is 0 Å². The Kier molecular flexibility index (Phi) is 2.93. The third-order valence-corrected chi connectivity index (χ3v) is 3.22. The summed E-state index contributed by atoms with van der Waals surface area (Å²) in [6.45, 7) is 0. The molecule has 0 bridgehead atoms. The van der Waals surface area contributed by atoms with Gasteiger partial charge < -0.3 is 4.74 Å². The summed E-state index contributed by atoms with van der Waals surface area (Å²) in [4.78, 5) is 11.5. The summed E-state index contributed by atoms with van der Waals surface area (Å²) in [6, 6.07) is 5.77. The predicted octanol–water partition coefficient (Wildman–Crippen LogP) is 3.06. The molecule has 2 nitrogen and oxygen atoms in total. The van der Waals surface area contributed by atoms with Gasteiger partial charge in [0.05, 0.1) is 6.42 Å². The van der Waals surface area contributed by atoms with Gasteiger partial charge in [-0.2, -0.15) is 0 Å². The number of halogens is 2. The number of esters is 1. The molecule has 1 aliphatic rings. The van der Waals surface area contributed by atoms with E-state index in [-0.39, 0.29) is 10.8 Å². The minimum atomic E-state index is -0.177. The second kappa shape index (κ2) is 4.03. The molecule has 1 unspecified atom stereocenters. The van der Waals surface area contributed by atoms with Gasteiger partial charge in [0.15, 0.2) is 0 Å². The van der Waals surface area contributed by atoms with Crippen LogP contribution in [0, 0.1) is 0 Å². The van der Waals surface area contributed by atoms with Gasteiger partial charge in [-0.05, 0) is 24.1 Å². The van der Waals surface area contributed by atoms with Crippen LogP contribution < -0.4 is 4.74 Å². The zero-order valence-electron chi connectivity index (χ0n) is 7.30. The van der Waals surface area contributed by atoms with E-state index in [1.807, 2.05) is 18.2 Å². The summed E-state index contributed by atoms with van der Waals surface area (Å²) in [5.74, 6) is 0.495. The number of alkyl halides is 1. The first-order valence-electron chi connectivity index (χ1n) is 4.28. The van der Waals surface area contributed by atoms with Crippen molar-refractivity contribution < 1.29 is 9.53 Å². The lowest BCUT2D eigenvalue weighted by Gasteiger charge is -2.05. The highest BCUT2D eigenvalue weighted by Gasteiger charge is 2.21. The predicted molar refractivity (Wildman–Crippen MR) is 60.8 cm³/mol. The summed E-state index contributed by atoms with van der Waals surface area (Å²) in [6.07, 6.45) is 1.25. The van der Waals surface area contributed by atoms with Crippen LogP contribution in [-0.4, -0.2) is 10.8 Å². The van der Waals surface area contributed by atoms with Crippen molar-refractivity contribution >= 4 is 37.8 Å². The monoisotopic (exact) mass is 318 g/mol. The van der Waals surface area contributed by atoms with E-state index in [2.05, 4.69) is 31.9 Å². The van der Waals surface area contributed by atoms with Gasteiger partial charge in [0.1, 0.15) is 5.75 Å². The second-order valence-electron chi connectivity index (χ2n) is 3.23. The van der Waals surface area contributed by atoms with Crippen molar-refractivity contribution in [2.45, 2.75) is 17.7 Å². The topological polar surface area (TPSA) is 26.3 Å². The summed E-state index contributed by atoms with van der Waals surface area (Å²) in [7, 11) is 0. The van der Waals surface area contributed by atoms with Crippen LogP contribution >= 0.6 is 31.9 Å². The molecule has 74 valence electrons. The molecule has 4 heteroatoms. The lowest BCUT2D eigenvalue weighted by molar-refractivity contribution is -0.134. The van der Waals surface area contributed by atoms with Crippen molar-refractivity contribution in [3.63, 3.8) is 0 Å². The van der Waals surface area contributed by atoms with Gasteiger partial charge in [0.25, 0.3) is 0 Å². The van der Waals surface area contributed by atoms with Crippen LogP contribution in [0.5, 0.6) is 5.75 Å². The Morgan fingerprint density at radius 2 is 2.14 bits per heavy atom. The molecule has 0 saturated carbocycles. The molecular weight excluding hydrogens is 312 g/mol. The first kappa shape index (κ1) is 10.2. The van der Waals surface area contributed by atoms with E-state index in [0.29, 0.717) is 12.2 Å². The first-order chi connectivity index (χ1) is 6.65. The Morgan fingerprint density at radius 1 is 1.36 bits per heavy atom. The van der Waals surface area contributed by atoms with Gasteiger partial charge in [0.2, 0.25) is 0 Å². The number of hydrogen-bond acceptors (Lipinski definition) is 2. The highest BCUT2D eigenvalue weighted by atomic mass is 79.9. The van der Waals surface area contributed by atoms with Crippen molar-refractivity contribution in [3.05, 3.63) is 28.2 Å². The lowest BCUT2D eigenvalue weighted by Crippen LogP contribution is -2.10. The standard InChI is InChI=1S/C10H8Br2O2/c11-7-2-1-6-3-8(12)5-10(13)14-9(6)4-7/h1-2,4,8H,3,5H2. The van der Waals surface area contributed by atoms with Gasteiger partial charge >= 0.3 is 5.97 Å². The van der Waals surface area contributed by atoms with E-state index in [9.17, 15) is 4.79 Å². The van der Waals surface area contributed by atoms with Crippen LogP contribution in [0.1, 0.15) is 12.0 Å². The fraction of sp³-hybridized carbons (Fsp3) is 0.300.